The number of nitrogens with one attached hydrogen (secondary N) is 1. The first kappa shape index (κ1) is 15.9. The molecule has 0 heterocycles. The summed E-state index contributed by atoms with van der Waals surface area (Å²) in [6.45, 7) is 5.53. The lowest BCUT2D eigenvalue weighted by molar-refractivity contribution is -0.138. The highest BCUT2D eigenvalue weighted by atomic mass is 16.5. The molecule has 0 rings (SSSR count). The van der Waals surface area contributed by atoms with Gasteiger partial charge in [-0.1, -0.05) is 13.8 Å². The molecule has 0 aliphatic carbocycles. The van der Waals surface area contributed by atoms with Crippen LogP contribution in [0.25, 0.3) is 0 Å². The summed E-state index contributed by atoms with van der Waals surface area (Å²) in [5.41, 5.74) is 0. The van der Waals surface area contributed by atoms with Crippen LogP contribution in [0.5, 0.6) is 0 Å². The van der Waals surface area contributed by atoms with Gasteiger partial charge in [0, 0.05) is 12.5 Å². The van der Waals surface area contributed by atoms with Crippen molar-refractivity contribution in [3.8, 4) is 0 Å². The molecule has 0 unspecified atom stereocenters. The molecule has 0 bridgehead atoms. The van der Waals surface area contributed by atoms with Gasteiger partial charge in [-0.05, 0) is 0 Å². The highest BCUT2D eigenvalue weighted by Gasteiger charge is 2.04. The summed E-state index contributed by atoms with van der Waals surface area (Å²) >= 11 is 0. The summed E-state index contributed by atoms with van der Waals surface area (Å²) in [5.74, 6) is -0.886. The summed E-state index contributed by atoms with van der Waals surface area (Å²) in [7, 11) is 0. The number of hydrogen-bond acceptors (Lipinski definition) is 4. The molecular formula is C11H21NO5. The van der Waals surface area contributed by atoms with Crippen molar-refractivity contribution in [3.05, 3.63) is 0 Å². The average molecular weight is 247 g/mol. The zero-order valence-electron chi connectivity index (χ0n) is 10.4. The molecule has 100 valence electrons. The molecule has 0 spiro atoms. The minimum Gasteiger partial charge on any atom is -0.481 e. The molecule has 2 N–H and O–H groups in total. The van der Waals surface area contributed by atoms with Crippen LogP contribution in [0.3, 0.4) is 0 Å². The number of ether oxygens (including phenoxy) is 2. The molecule has 0 atom stereocenters. The third-order valence-corrected chi connectivity index (χ3v) is 1.90. The molecule has 6 heteroatoms. The number of carbonyl (C=O) groups is 2. The van der Waals surface area contributed by atoms with Gasteiger partial charge in [-0.3, -0.25) is 9.59 Å². The zero-order valence-corrected chi connectivity index (χ0v) is 10.4. The fourth-order valence-electron chi connectivity index (χ4n) is 0.932. The quantitative estimate of drug-likeness (QED) is 0.541. The monoisotopic (exact) mass is 247 g/mol. The summed E-state index contributed by atoms with van der Waals surface area (Å²) in [6.07, 6.45) is 0.00441. The zero-order chi connectivity index (χ0) is 13.1. The van der Waals surface area contributed by atoms with Gasteiger partial charge in [0.1, 0.15) is 0 Å². The summed E-state index contributed by atoms with van der Waals surface area (Å²) in [6, 6.07) is 0. The van der Waals surface area contributed by atoms with E-state index >= 15 is 0 Å². The molecule has 1 amide bonds. The Hall–Kier alpha value is -1.14. The van der Waals surface area contributed by atoms with E-state index < -0.39 is 5.97 Å². The van der Waals surface area contributed by atoms with Crippen LogP contribution >= 0.6 is 0 Å². The molecule has 0 radical (unpaired) electrons. The topological polar surface area (TPSA) is 84.9 Å². The van der Waals surface area contributed by atoms with E-state index in [9.17, 15) is 9.59 Å². The third kappa shape index (κ3) is 11.1. The van der Waals surface area contributed by atoms with Crippen LogP contribution in [0.15, 0.2) is 0 Å². The number of carbonyl (C=O) groups excluding carboxylic acids is 1. The fraction of sp³-hybridized carbons (Fsp3) is 0.818. The summed E-state index contributed by atoms with van der Waals surface area (Å²) in [5, 5.41) is 11.0. The van der Waals surface area contributed by atoms with Gasteiger partial charge in [-0.2, -0.15) is 0 Å². The first-order valence-electron chi connectivity index (χ1n) is 5.69. The van der Waals surface area contributed by atoms with E-state index in [-0.39, 0.29) is 24.9 Å². The maximum atomic E-state index is 11.1. The van der Waals surface area contributed by atoms with Crippen LogP contribution in [0.4, 0.5) is 0 Å². The molecule has 0 saturated carbocycles. The number of hydrogen-bond donors (Lipinski definition) is 2. The van der Waals surface area contributed by atoms with Crippen LogP contribution < -0.4 is 5.32 Å². The Bertz CT molecular complexity index is 230. The third-order valence-electron chi connectivity index (χ3n) is 1.90. The van der Waals surface area contributed by atoms with Crippen LogP contribution in [-0.4, -0.2) is 50.0 Å². The van der Waals surface area contributed by atoms with Gasteiger partial charge in [0.2, 0.25) is 5.91 Å². The standard InChI is InChI=1S/C11H21NO5/c1-9(2)11(15)12-4-6-17-8-7-16-5-3-10(13)14/h9H,3-8H2,1-2H3,(H,12,15)(H,13,14). The molecule has 0 aromatic heterocycles. The largest absolute Gasteiger partial charge is 0.481 e. The number of carboxylic acids is 1. The number of rotatable bonds is 10. The van der Waals surface area contributed by atoms with Crippen molar-refractivity contribution in [2.24, 2.45) is 5.92 Å². The van der Waals surface area contributed by atoms with Crippen molar-refractivity contribution in [2.45, 2.75) is 20.3 Å². The Labute approximate surface area is 101 Å². The molecule has 6 nitrogen and oxygen atoms in total. The van der Waals surface area contributed by atoms with Crippen LogP contribution in [0, 0.1) is 5.92 Å². The lowest BCUT2D eigenvalue weighted by atomic mass is 10.2. The molecule has 0 aromatic carbocycles. The van der Waals surface area contributed by atoms with Crippen LogP contribution in [0.2, 0.25) is 0 Å². The summed E-state index contributed by atoms with van der Waals surface area (Å²) in [4.78, 5) is 21.3. The Morgan fingerprint density at radius 2 is 1.71 bits per heavy atom. The first-order valence-corrected chi connectivity index (χ1v) is 5.69. The van der Waals surface area contributed by atoms with Crippen molar-refractivity contribution < 1.29 is 24.2 Å². The molecular weight excluding hydrogens is 226 g/mol. The Balaban J connectivity index is 3.14. The second-order valence-electron chi connectivity index (χ2n) is 3.81. The van der Waals surface area contributed by atoms with Gasteiger partial charge in [0.05, 0.1) is 32.8 Å². The van der Waals surface area contributed by atoms with Gasteiger partial charge in [-0.15, -0.1) is 0 Å². The van der Waals surface area contributed by atoms with E-state index in [1.165, 1.54) is 0 Å². The van der Waals surface area contributed by atoms with Crippen LogP contribution in [-0.2, 0) is 19.1 Å². The van der Waals surface area contributed by atoms with Crippen molar-refractivity contribution in [2.75, 3.05) is 33.0 Å². The first-order chi connectivity index (χ1) is 8.04. The average Bonchev–Trinajstić information content (AvgIpc) is 2.25. The predicted octanol–water partition coefficient (Wildman–Crippen LogP) is 0.266. The van der Waals surface area contributed by atoms with Gasteiger partial charge in [0.15, 0.2) is 0 Å². The number of aliphatic carboxylic acids is 1. The maximum absolute atomic E-state index is 11.1. The minimum absolute atomic E-state index is 0.00441. The predicted molar refractivity (Wildman–Crippen MR) is 61.7 cm³/mol. The van der Waals surface area contributed by atoms with Gasteiger partial charge in [-0.25, -0.2) is 0 Å². The van der Waals surface area contributed by atoms with E-state index in [1.807, 2.05) is 13.8 Å². The van der Waals surface area contributed by atoms with Gasteiger partial charge < -0.3 is 19.9 Å². The number of amides is 1. The van der Waals surface area contributed by atoms with Crippen molar-refractivity contribution in [3.63, 3.8) is 0 Å². The molecule has 0 aliphatic rings. The lowest BCUT2D eigenvalue weighted by Crippen LogP contribution is -2.31. The molecule has 17 heavy (non-hydrogen) atoms. The molecule has 0 saturated heterocycles. The second kappa shape index (κ2) is 10.0. The second-order valence-corrected chi connectivity index (χ2v) is 3.81. The van der Waals surface area contributed by atoms with E-state index in [0.717, 1.165) is 0 Å². The molecule has 0 fully saturated rings. The smallest absolute Gasteiger partial charge is 0.305 e. The van der Waals surface area contributed by atoms with E-state index in [2.05, 4.69) is 5.32 Å². The molecule has 0 aromatic rings. The molecule has 0 aliphatic heterocycles. The lowest BCUT2D eigenvalue weighted by Gasteiger charge is -2.08. The summed E-state index contributed by atoms with van der Waals surface area (Å²) < 4.78 is 10.2. The Kier molecular flexibility index (Phi) is 9.37. The van der Waals surface area contributed by atoms with Crippen molar-refractivity contribution in [1.82, 2.24) is 5.32 Å². The van der Waals surface area contributed by atoms with Crippen LogP contribution in [0.1, 0.15) is 20.3 Å². The van der Waals surface area contributed by atoms with Gasteiger partial charge in [0.25, 0.3) is 0 Å². The highest BCUT2D eigenvalue weighted by Crippen LogP contribution is 1.89. The van der Waals surface area contributed by atoms with Crippen molar-refractivity contribution in [1.29, 1.82) is 0 Å². The van der Waals surface area contributed by atoms with E-state index in [0.29, 0.717) is 26.4 Å². The maximum Gasteiger partial charge on any atom is 0.305 e. The van der Waals surface area contributed by atoms with E-state index in [1.54, 1.807) is 0 Å². The minimum atomic E-state index is -0.873. The Morgan fingerprint density at radius 3 is 2.24 bits per heavy atom. The SMILES string of the molecule is CC(C)C(=O)NCCOCCOCCC(=O)O. The van der Waals surface area contributed by atoms with Crippen molar-refractivity contribution >= 4 is 11.9 Å². The fourth-order valence-corrected chi connectivity index (χ4v) is 0.932. The normalized spacial score (nSPS) is 10.5. The highest BCUT2D eigenvalue weighted by molar-refractivity contribution is 5.77. The van der Waals surface area contributed by atoms with E-state index in [4.69, 9.17) is 14.6 Å². The van der Waals surface area contributed by atoms with Gasteiger partial charge >= 0.3 is 5.97 Å². The Morgan fingerprint density at radius 1 is 1.12 bits per heavy atom. The number of carboxylic acid groups (broad SMARTS) is 1.